The first-order chi connectivity index (χ1) is 9.60. The van der Waals surface area contributed by atoms with Crippen LogP contribution in [0.15, 0.2) is 18.2 Å². The van der Waals surface area contributed by atoms with Crippen LogP contribution >= 0.6 is 0 Å². The number of nitrogens with zero attached hydrogens (tertiary/aromatic N) is 1. The molecule has 2 fully saturated rings. The van der Waals surface area contributed by atoms with E-state index in [1.807, 2.05) is 0 Å². The van der Waals surface area contributed by atoms with Crippen molar-refractivity contribution < 1.29 is 18.3 Å². The molecule has 0 aromatic heterocycles. The quantitative estimate of drug-likeness (QED) is 0.833. The summed E-state index contributed by atoms with van der Waals surface area (Å²) in [6.45, 7) is 1.13. The van der Waals surface area contributed by atoms with Gasteiger partial charge in [0.15, 0.2) is 0 Å². The van der Waals surface area contributed by atoms with Crippen LogP contribution in [0.25, 0.3) is 0 Å². The number of halogens is 2. The minimum atomic E-state index is -0.790. The molecule has 1 aromatic carbocycles. The molecule has 2 aliphatic rings. The molecule has 1 aliphatic heterocycles. The van der Waals surface area contributed by atoms with Gasteiger partial charge in [-0.25, -0.2) is 8.78 Å². The van der Waals surface area contributed by atoms with E-state index >= 15 is 0 Å². The summed E-state index contributed by atoms with van der Waals surface area (Å²) in [7, 11) is 1.70. The number of likely N-dealkylation sites (tertiary alicyclic amines) is 1. The van der Waals surface area contributed by atoms with Crippen molar-refractivity contribution in [2.24, 2.45) is 11.8 Å². The van der Waals surface area contributed by atoms with Gasteiger partial charge in [-0.3, -0.25) is 4.79 Å². The Kier molecular flexibility index (Phi) is 3.46. The number of carbonyl (C=O) groups is 1. The summed E-state index contributed by atoms with van der Waals surface area (Å²) in [5, 5.41) is 0. The Labute approximate surface area is 116 Å². The predicted molar refractivity (Wildman–Crippen MR) is 69.3 cm³/mol. The second-order valence-electron chi connectivity index (χ2n) is 5.66. The van der Waals surface area contributed by atoms with Crippen LogP contribution in [-0.2, 0) is 4.74 Å². The number of carbonyl (C=O) groups excluding carboxylic acids is 1. The molecule has 0 radical (unpaired) electrons. The van der Waals surface area contributed by atoms with E-state index in [1.54, 1.807) is 12.0 Å². The van der Waals surface area contributed by atoms with Crippen molar-refractivity contribution in [3.8, 4) is 0 Å². The minimum Gasteiger partial charge on any atom is -0.381 e. The molecule has 1 amide bonds. The molecule has 5 heteroatoms. The van der Waals surface area contributed by atoms with E-state index in [1.165, 1.54) is 6.07 Å². The van der Waals surface area contributed by atoms with Crippen LogP contribution in [0.5, 0.6) is 0 Å². The van der Waals surface area contributed by atoms with Gasteiger partial charge in [-0.15, -0.1) is 0 Å². The largest absolute Gasteiger partial charge is 0.381 e. The number of fused-ring (bicyclic) bond motifs is 1. The third-order valence-electron chi connectivity index (χ3n) is 4.50. The Morgan fingerprint density at radius 2 is 1.75 bits per heavy atom. The highest BCUT2D eigenvalue weighted by Crippen LogP contribution is 2.39. The average Bonchev–Trinajstić information content (AvgIpc) is 2.95. The van der Waals surface area contributed by atoms with Gasteiger partial charge < -0.3 is 9.64 Å². The fourth-order valence-corrected chi connectivity index (χ4v) is 3.46. The van der Waals surface area contributed by atoms with E-state index in [2.05, 4.69) is 0 Å². The summed E-state index contributed by atoms with van der Waals surface area (Å²) in [5.41, 5.74) is -0.434. The SMILES string of the molecule is COC1C[C@@H]2CN(C(=O)c3c(F)cccc3F)C[C@@H]2C1. The van der Waals surface area contributed by atoms with Gasteiger partial charge in [0.1, 0.15) is 17.2 Å². The Morgan fingerprint density at radius 1 is 1.20 bits per heavy atom. The van der Waals surface area contributed by atoms with Gasteiger partial charge in [0.2, 0.25) is 0 Å². The topological polar surface area (TPSA) is 29.5 Å². The molecular weight excluding hydrogens is 264 g/mol. The maximum Gasteiger partial charge on any atom is 0.259 e. The summed E-state index contributed by atoms with van der Waals surface area (Å²) in [5.74, 6) is -1.34. The van der Waals surface area contributed by atoms with Crippen molar-refractivity contribution in [1.82, 2.24) is 4.90 Å². The maximum atomic E-state index is 13.7. The lowest BCUT2D eigenvalue weighted by molar-refractivity contribution is 0.0723. The Morgan fingerprint density at radius 3 is 2.25 bits per heavy atom. The molecule has 108 valence electrons. The van der Waals surface area contributed by atoms with Crippen LogP contribution < -0.4 is 0 Å². The third kappa shape index (κ3) is 2.20. The minimum absolute atomic E-state index is 0.257. The molecule has 1 saturated heterocycles. The highest BCUT2D eigenvalue weighted by atomic mass is 19.1. The predicted octanol–water partition coefficient (Wildman–Crippen LogP) is 2.46. The highest BCUT2D eigenvalue weighted by Gasteiger charge is 2.43. The van der Waals surface area contributed by atoms with Crippen LogP contribution in [0.2, 0.25) is 0 Å². The Bertz CT molecular complexity index is 500. The average molecular weight is 281 g/mol. The fourth-order valence-electron chi connectivity index (χ4n) is 3.46. The molecule has 1 aliphatic carbocycles. The molecular formula is C15H17F2NO2. The van der Waals surface area contributed by atoms with Gasteiger partial charge in [-0.05, 0) is 36.8 Å². The number of hydrogen-bond donors (Lipinski definition) is 0. The van der Waals surface area contributed by atoms with Gasteiger partial charge in [0, 0.05) is 20.2 Å². The molecule has 3 atom stereocenters. The lowest BCUT2D eigenvalue weighted by Crippen LogP contribution is -2.31. The zero-order valence-electron chi connectivity index (χ0n) is 11.3. The lowest BCUT2D eigenvalue weighted by atomic mass is 10.0. The van der Waals surface area contributed by atoms with Crippen molar-refractivity contribution in [2.45, 2.75) is 18.9 Å². The first kappa shape index (κ1) is 13.5. The number of amides is 1. The van der Waals surface area contributed by atoms with E-state index in [0.717, 1.165) is 25.0 Å². The molecule has 3 nitrogen and oxygen atoms in total. The van der Waals surface area contributed by atoms with Crippen LogP contribution in [0.1, 0.15) is 23.2 Å². The van der Waals surface area contributed by atoms with Crippen LogP contribution in [0.3, 0.4) is 0 Å². The zero-order chi connectivity index (χ0) is 14.3. The van der Waals surface area contributed by atoms with Crippen molar-refractivity contribution in [1.29, 1.82) is 0 Å². The first-order valence-corrected chi connectivity index (χ1v) is 6.86. The highest BCUT2D eigenvalue weighted by molar-refractivity contribution is 5.95. The first-order valence-electron chi connectivity index (χ1n) is 6.86. The van der Waals surface area contributed by atoms with Gasteiger partial charge in [0.25, 0.3) is 5.91 Å². The van der Waals surface area contributed by atoms with Gasteiger partial charge in [0.05, 0.1) is 6.10 Å². The van der Waals surface area contributed by atoms with E-state index in [9.17, 15) is 13.6 Å². The molecule has 0 N–H and O–H groups in total. The molecule has 0 spiro atoms. The van der Waals surface area contributed by atoms with E-state index in [4.69, 9.17) is 4.74 Å². The molecule has 1 heterocycles. The summed E-state index contributed by atoms with van der Waals surface area (Å²) in [6.07, 6.45) is 2.10. The van der Waals surface area contributed by atoms with Crippen LogP contribution in [0, 0.1) is 23.5 Å². The lowest BCUT2D eigenvalue weighted by Gasteiger charge is -2.19. The zero-order valence-corrected chi connectivity index (χ0v) is 11.3. The number of hydrogen-bond acceptors (Lipinski definition) is 2. The number of ether oxygens (including phenoxy) is 1. The summed E-state index contributed by atoms with van der Waals surface area (Å²) in [6, 6.07) is 3.51. The number of rotatable bonds is 2. The maximum absolute atomic E-state index is 13.7. The standard InChI is InChI=1S/C15H17F2NO2/c1-20-11-5-9-7-18(8-10(9)6-11)15(19)14-12(16)3-2-4-13(14)17/h2-4,9-11H,5-8H2,1H3/t9-,10+,11?. The van der Waals surface area contributed by atoms with Crippen LogP contribution in [0.4, 0.5) is 8.78 Å². The third-order valence-corrected chi connectivity index (χ3v) is 4.50. The monoisotopic (exact) mass is 281 g/mol. The van der Waals surface area contributed by atoms with Crippen molar-refractivity contribution in [3.63, 3.8) is 0 Å². The molecule has 1 saturated carbocycles. The molecule has 0 bridgehead atoms. The molecule has 20 heavy (non-hydrogen) atoms. The summed E-state index contributed by atoms with van der Waals surface area (Å²) in [4.78, 5) is 13.9. The second kappa shape index (κ2) is 5.13. The van der Waals surface area contributed by atoms with Gasteiger partial charge in [-0.1, -0.05) is 6.07 Å². The number of methoxy groups -OCH3 is 1. The summed E-state index contributed by atoms with van der Waals surface area (Å²) >= 11 is 0. The Balaban J connectivity index is 1.75. The van der Waals surface area contributed by atoms with Crippen molar-refractivity contribution in [2.75, 3.05) is 20.2 Å². The van der Waals surface area contributed by atoms with Crippen molar-refractivity contribution >= 4 is 5.91 Å². The van der Waals surface area contributed by atoms with E-state index in [0.29, 0.717) is 24.9 Å². The fraction of sp³-hybridized carbons (Fsp3) is 0.533. The molecule has 1 unspecified atom stereocenters. The smallest absolute Gasteiger partial charge is 0.259 e. The van der Waals surface area contributed by atoms with Crippen molar-refractivity contribution in [3.05, 3.63) is 35.4 Å². The van der Waals surface area contributed by atoms with Gasteiger partial charge in [-0.2, -0.15) is 0 Å². The summed E-state index contributed by atoms with van der Waals surface area (Å²) < 4.78 is 32.6. The second-order valence-corrected chi connectivity index (χ2v) is 5.66. The van der Waals surface area contributed by atoms with E-state index < -0.39 is 23.1 Å². The number of benzene rings is 1. The Hall–Kier alpha value is -1.49. The van der Waals surface area contributed by atoms with Gasteiger partial charge >= 0.3 is 0 Å². The normalized spacial score (nSPS) is 28.8. The molecule has 1 aromatic rings. The molecule has 3 rings (SSSR count). The van der Waals surface area contributed by atoms with Crippen LogP contribution in [-0.4, -0.2) is 37.1 Å². The van der Waals surface area contributed by atoms with E-state index in [-0.39, 0.29) is 6.10 Å².